The monoisotopic (exact) mass is 323 g/mol. The van der Waals surface area contributed by atoms with Crippen LogP contribution in [-0.2, 0) is 5.54 Å². The van der Waals surface area contributed by atoms with E-state index in [9.17, 15) is 0 Å². The average molecular weight is 324 g/mol. The lowest BCUT2D eigenvalue weighted by Crippen LogP contribution is -2.50. The number of benzene rings is 1. The van der Waals surface area contributed by atoms with Crippen molar-refractivity contribution in [1.29, 1.82) is 0 Å². The minimum absolute atomic E-state index is 0.0744. The van der Waals surface area contributed by atoms with Crippen molar-refractivity contribution in [2.75, 3.05) is 13.1 Å². The summed E-state index contributed by atoms with van der Waals surface area (Å²) < 4.78 is 1.10. The van der Waals surface area contributed by atoms with Crippen LogP contribution < -0.4 is 5.73 Å². The third kappa shape index (κ3) is 2.64. The van der Waals surface area contributed by atoms with Crippen LogP contribution in [0.2, 0.25) is 0 Å². The maximum Gasteiger partial charge on any atom is 0.192 e. The first kappa shape index (κ1) is 14.4. The third-order valence-electron chi connectivity index (χ3n) is 3.81. The summed E-state index contributed by atoms with van der Waals surface area (Å²) in [6, 6.07) is 8.54. The molecule has 0 aliphatic carbocycles. The van der Waals surface area contributed by atoms with E-state index in [4.69, 9.17) is 5.73 Å². The van der Waals surface area contributed by atoms with Gasteiger partial charge in [0.15, 0.2) is 5.96 Å². The molecule has 0 spiro atoms. The summed E-state index contributed by atoms with van der Waals surface area (Å²) in [6.07, 6.45) is 1.01. The highest BCUT2D eigenvalue weighted by Gasteiger charge is 2.42. The van der Waals surface area contributed by atoms with Crippen LogP contribution in [0.1, 0.15) is 32.8 Å². The van der Waals surface area contributed by atoms with Crippen LogP contribution in [0.4, 0.5) is 0 Å². The van der Waals surface area contributed by atoms with Crippen molar-refractivity contribution in [2.45, 2.75) is 32.7 Å². The Morgan fingerprint density at radius 1 is 1.37 bits per heavy atom. The number of aliphatic imine (C=N–C) groups is 1. The van der Waals surface area contributed by atoms with Gasteiger partial charge in [-0.1, -0.05) is 48.8 Å². The molecule has 1 aliphatic rings. The Hall–Kier alpha value is -1.03. The van der Waals surface area contributed by atoms with Gasteiger partial charge in [-0.25, -0.2) is 0 Å². The van der Waals surface area contributed by atoms with E-state index in [0.717, 1.165) is 24.0 Å². The zero-order valence-corrected chi connectivity index (χ0v) is 13.4. The molecule has 2 rings (SSSR count). The molecule has 1 atom stereocenters. The second-order valence-corrected chi connectivity index (χ2v) is 6.49. The molecule has 1 unspecified atom stereocenters. The number of hydrogen-bond acceptors (Lipinski definition) is 3. The quantitative estimate of drug-likeness (QED) is 0.923. The van der Waals surface area contributed by atoms with Crippen molar-refractivity contribution in [2.24, 2.45) is 16.6 Å². The Bertz CT molecular complexity index is 467. The molecular formula is C15H22BrN3. The van der Waals surface area contributed by atoms with E-state index >= 15 is 0 Å². The van der Waals surface area contributed by atoms with Crippen molar-refractivity contribution in [3.8, 4) is 0 Å². The first-order valence-corrected chi connectivity index (χ1v) is 7.62. The van der Waals surface area contributed by atoms with Gasteiger partial charge in [-0.15, -0.1) is 0 Å². The lowest BCUT2D eigenvalue weighted by Gasteiger charge is -2.40. The van der Waals surface area contributed by atoms with Crippen molar-refractivity contribution in [3.05, 3.63) is 34.3 Å². The summed E-state index contributed by atoms with van der Waals surface area (Å²) in [7, 11) is 0. The lowest BCUT2D eigenvalue weighted by atomic mass is 9.86. The molecule has 0 amide bonds. The lowest BCUT2D eigenvalue weighted by molar-refractivity contribution is 0.176. The van der Waals surface area contributed by atoms with E-state index in [1.165, 1.54) is 5.56 Å². The molecule has 0 bridgehead atoms. The van der Waals surface area contributed by atoms with Gasteiger partial charge in [0.05, 0.1) is 12.1 Å². The molecule has 1 aromatic rings. The number of guanidine groups is 1. The molecule has 2 N–H and O–H groups in total. The fraction of sp³-hybridized carbons (Fsp3) is 0.533. The van der Waals surface area contributed by atoms with Crippen LogP contribution in [-0.4, -0.2) is 23.9 Å². The largest absolute Gasteiger partial charge is 0.370 e. The second-order valence-electron chi connectivity index (χ2n) is 5.57. The predicted molar refractivity (Wildman–Crippen MR) is 84.1 cm³/mol. The molecule has 1 aromatic carbocycles. The highest BCUT2D eigenvalue weighted by Crippen LogP contribution is 2.37. The fourth-order valence-electron chi connectivity index (χ4n) is 2.75. The van der Waals surface area contributed by atoms with Gasteiger partial charge in [0.25, 0.3) is 0 Å². The van der Waals surface area contributed by atoms with Crippen LogP contribution in [0.3, 0.4) is 0 Å². The Morgan fingerprint density at radius 3 is 2.53 bits per heavy atom. The zero-order chi connectivity index (χ0) is 14.0. The summed E-state index contributed by atoms with van der Waals surface area (Å²) in [6.45, 7) is 8.34. The van der Waals surface area contributed by atoms with Crippen LogP contribution in [0.15, 0.2) is 33.7 Å². The molecular weight excluding hydrogens is 302 g/mol. The van der Waals surface area contributed by atoms with E-state index < -0.39 is 0 Å². The van der Waals surface area contributed by atoms with E-state index in [1.54, 1.807) is 0 Å². The van der Waals surface area contributed by atoms with Crippen molar-refractivity contribution in [1.82, 2.24) is 4.90 Å². The van der Waals surface area contributed by atoms with Gasteiger partial charge in [0.1, 0.15) is 0 Å². The van der Waals surface area contributed by atoms with Crippen LogP contribution in [0, 0.1) is 5.92 Å². The van der Waals surface area contributed by atoms with Gasteiger partial charge in [-0.05, 0) is 30.0 Å². The highest BCUT2D eigenvalue weighted by atomic mass is 79.9. The van der Waals surface area contributed by atoms with E-state index in [-0.39, 0.29) is 5.54 Å². The van der Waals surface area contributed by atoms with E-state index in [1.807, 2.05) is 0 Å². The van der Waals surface area contributed by atoms with Gasteiger partial charge < -0.3 is 10.6 Å². The maximum absolute atomic E-state index is 6.11. The van der Waals surface area contributed by atoms with Gasteiger partial charge >= 0.3 is 0 Å². The zero-order valence-electron chi connectivity index (χ0n) is 11.9. The standard InChI is InChI=1S/C15H22BrN3/c1-4-15(12-5-7-13(16)8-6-12)10-18-14(17)19(15)9-11(2)3/h5-8,11H,4,9-10H2,1-3H3,(H2,17,18). The molecule has 19 heavy (non-hydrogen) atoms. The first-order chi connectivity index (χ1) is 8.99. The summed E-state index contributed by atoms with van der Waals surface area (Å²) in [4.78, 5) is 6.78. The number of nitrogens with zero attached hydrogens (tertiary/aromatic N) is 2. The van der Waals surface area contributed by atoms with Gasteiger partial charge in [-0.3, -0.25) is 4.99 Å². The van der Waals surface area contributed by atoms with Crippen LogP contribution >= 0.6 is 15.9 Å². The summed E-state index contributed by atoms with van der Waals surface area (Å²) in [5.41, 5.74) is 7.33. The smallest absolute Gasteiger partial charge is 0.192 e. The Kier molecular flexibility index (Phi) is 4.19. The number of rotatable bonds is 4. The molecule has 3 nitrogen and oxygen atoms in total. The number of halogens is 1. The number of nitrogens with two attached hydrogens (primary N) is 1. The summed E-state index contributed by atoms with van der Waals surface area (Å²) in [5, 5.41) is 0. The molecule has 1 heterocycles. The second kappa shape index (κ2) is 5.53. The normalized spacial score (nSPS) is 23.0. The van der Waals surface area contributed by atoms with Gasteiger partial charge in [0.2, 0.25) is 0 Å². The maximum atomic E-state index is 6.11. The Labute approximate surface area is 124 Å². The Balaban J connectivity index is 2.39. The molecule has 0 saturated carbocycles. The molecule has 1 aliphatic heterocycles. The minimum Gasteiger partial charge on any atom is -0.370 e. The first-order valence-electron chi connectivity index (χ1n) is 6.83. The van der Waals surface area contributed by atoms with E-state index in [2.05, 4.69) is 70.9 Å². The van der Waals surface area contributed by atoms with Crippen molar-refractivity contribution < 1.29 is 0 Å². The van der Waals surface area contributed by atoms with Crippen LogP contribution in [0.25, 0.3) is 0 Å². The minimum atomic E-state index is -0.0744. The van der Waals surface area contributed by atoms with Gasteiger partial charge in [-0.2, -0.15) is 0 Å². The highest BCUT2D eigenvalue weighted by molar-refractivity contribution is 9.10. The number of hydrogen-bond donors (Lipinski definition) is 1. The molecule has 0 fully saturated rings. The van der Waals surface area contributed by atoms with Gasteiger partial charge in [0, 0.05) is 11.0 Å². The predicted octanol–water partition coefficient (Wildman–Crippen LogP) is 3.34. The molecule has 104 valence electrons. The molecule has 0 radical (unpaired) electrons. The summed E-state index contributed by atoms with van der Waals surface area (Å²) >= 11 is 3.49. The van der Waals surface area contributed by atoms with E-state index in [0.29, 0.717) is 11.9 Å². The summed E-state index contributed by atoms with van der Waals surface area (Å²) in [5.74, 6) is 1.24. The molecule has 0 aromatic heterocycles. The third-order valence-corrected chi connectivity index (χ3v) is 4.34. The topological polar surface area (TPSA) is 41.6 Å². The average Bonchev–Trinajstić information content (AvgIpc) is 2.69. The van der Waals surface area contributed by atoms with Crippen LogP contribution in [0.5, 0.6) is 0 Å². The Morgan fingerprint density at radius 2 is 2.00 bits per heavy atom. The SMILES string of the molecule is CCC1(c2ccc(Br)cc2)CN=C(N)N1CC(C)C. The molecule has 4 heteroatoms. The fourth-order valence-corrected chi connectivity index (χ4v) is 3.01. The van der Waals surface area contributed by atoms with Crippen molar-refractivity contribution in [3.63, 3.8) is 0 Å². The molecule has 0 saturated heterocycles. The van der Waals surface area contributed by atoms with Crippen molar-refractivity contribution >= 4 is 21.9 Å².